The Kier molecular flexibility index (Phi) is 3.63. The Bertz CT molecular complexity index is 508. The van der Waals surface area contributed by atoms with Crippen LogP contribution in [0.2, 0.25) is 0 Å². The van der Waals surface area contributed by atoms with Crippen LogP contribution in [0.5, 0.6) is 0 Å². The molecule has 17 heavy (non-hydrogen) atoms. The summed E-state index contributed by atoms with van der Waals surface area (Å²) in [6, 6.07) is 5.96. The predicted molar refractivity (Wildman–Crippen MR) is 76.3 cm³/mol. The highest BCUT2D eigenvalue weighted by atomic mass is 79.9. The summed E-state index contributed by atoms with van der Waals surface area (Å²) in [6.07, 6.45) is 1.42. The summed E-state index contributed by atoms with van der Waals surface area (Å²) in [7, 11) is 0. The Hall–Kier alpha value is -1.14. The Morgan fingerprint density at radius 3 is 2.71 bits per heavy atom. The molecule has 0 radical (unpaired) electrons. The third-order valence-corrected chi connectivity index (χ3v) is 4.10. The smallest absolute Gasteiger partial charge is 0.150 e. The topological polar surface area (TPSA) is 63.8 Å². The van der Waals surface area contributed by atoms with E-state index in [0.29, 0.717) is 16.1 Å². The first-order valence-electron chi connectivity index (χ1n) is 4.87. The maximum absolute atomic E-state index is 5.69. The van der Waals surface area contributed by atoms with Gasteiger partial charge in [-0.3, -0.25) is 0 Å². The summed E-state index contributed by atoms with van der Waals surface area (Å²) in [5.41, 5.74) is 7.77. The summed E-state index contributed by atoms with van der Waals surface area (Å²) in [5.74, 6) is 1.05. The number of nitrogens with one attached hydrogen (secondary N) is 1. The highest BCUT2D eigenvalue weighted by Gasteiger charge is 2.08. The molecule has 0 atom stereocenters. The van der Waals surface area contributed by atoms with Crippen molar-refractivity contribution in [3.8, 4) is 0 Å². The third kappa shape index (κ3) is 2.58. The molecule has 88 valence electrons. The van der Waals surface area contributed by atoms with Crippen molar-refractivity contribution in [1.29, 1.82) is 0 Å². The van der Waals surface area contributed by atoms with Gasteiger partial charge in [-0.2, -0.15) is 0 Å². The highest BCUT2D eigenvalue weighted by molar-refractivity contribution is 9.11. The van der Waals surface area contributed by atoms with E-state index in [1.807, 2.05) is 25.1 Å². The number of rotatable bonds is 2. The van der Waals surface area contributed by atoms with Crippen molar-refractivity contribution in [3.63, 3.8) is 0 Å². The van der Waals surface area contributed by atoms with Crippen LogP contribution >= 0.6 is 31.9 Å². The molecule has 1 aromatic carbocycles. The Labute approximate surface area is 116 Å². The molecule has 0 aliphatic carbocycles. The van der Waals surface area contributed by atoms with Crippen molar-refractivity contribution in [2.45, 2.75) is 6.92 Å². The van der Waals surface area contributed by atoms with Gasteiger partial charge in [-0.05, 0) is 50.4 Å². The number of aromatic nitrogens is 2. The molecule has 0 spiro atoms. The number of anilines is 3. The van der Waals surface area contributed by atoms with Crippen LogP contribution in [-0.2, 0) is 0 Å². The van der Waals surface area contributed by atoms with Gasteiger partial charge in [0.15, 0.2) is 0 Å². The number of hydrogen-bond donors (Lipinski definition) is 2. The number of nitrogen functional groups attached to an aromatic ring is 1. The molecule has 2 rings (SSSR count). The van der Waals surface area contributed by atoms with Crippen molar-refractivity contribution in [1.82, 2.24) is 9.97 Å². The quantitative estimate of drug-likeness (QED) is 0.861. The molecule has 0 amide bonds. The fraction of sp³-hybridized carbons (Fsp3) is 0.0909. The maximum Gasteiger partial charge on any atom is 0.150 e. The lowest BCUT2D eigenvalue weighted by molar-refractivity contribution is 1.16. The number of halogens is 2. The molecule has 0 aliphatic rings. The van der Waals surface area contributed by atoms with Crippen molar-refractivity contribution in [2.24, 2.45) is 0 Å². The summed E-state index contributed by atoms with van der Waals surface area (Å²) < 4.78 is 1.66. The summed E-state index contributed by atoms with van der Waals surface area (Å²) in [6.45, 7) is 2.03. The van der Waals surface area contributed by atoms with Gasteiger partial charge >= 0.3 is 0 Å². The average molecular weight is 358 g/mol. The molecular formula is C11H10Br2N4. The summed E-state index contributed by atoms with van der Waals surface area (Å²) in [4.78, 5) is 8.02. The van der Waals surface area contributed by atoms with Gasteiger partial charge in [-0.25, -0.2) is 9.97 Å². The van der Waals surface area contributed by atoms with E-state index in [0.717, 1.165) is 15.7 Å². The van der Waals surface area contributed by atoms with Gasteiger partial charge in [0.25, 0.3) is 0 Å². The fourth-order valence-electron chi connectivity index (χ4n) is 1.34. The molecule has 1 heterocycles. The normalized spacial score (nSPS) is 10.3. The van der Waals surface area contributed by atoms with E-state index < -0.39 is 0 Å². The molecule has 6 heteroatoms. The van der Waals surface area contributed by atoms with Crippen LogP contribution in [0.4, 0.5) is 17.3 Å². The lowest BCUT2D eigenvalue weighted by Crippen LogP contribution is -2.00. The molecule has 1 aromatic heterocycles. The minimum Gasteiger partial charge on any atom is -0.383 e. The predicted octanol–water partition coefficient (Wildman–Crippen LogP) is 3.64. The number of hydrogen-bond acceptors (Lipinski definition) is 4. The first-order chi connectivity index (χ1) is 8.09. The number of nitrogens with two attached hydrogens (primary N) is 1. The number of nitrogens with zero attached hydrogens (tertiary/aromatic N) is 2. The van der Waals surface area contributed by atoms with Crippen LogP contribution in [0.25, 0.3) is 0 Å². The second-order valence-corrected chi connectivity index (χ2v) is 5.07. The minimum atomic E-state index is 0.409. The fourth-order valence-corrected chi connectivity index (χ4v) is 2.01. The van der Waals surface area contributed by atoms with E-state index in [1.165, 1.54) is 6.33 Å². The van der Waals surface area contributed by atoms with Crippen LogP contribution in [0.1, 0.15) is 5.56 Å². The lowest BCUT2D eigenvalue weighted by Gasteiger charge is -2.11. The van der Waals surface area contributed by atoms with E-state index in [2.05, 4.69) is 47.1 Å². The Morgan fingerprint density at radius 2 is 1.94 bits per heavy atom. The van der Waals surface area contributed by atoms with E-state index in [9.17, 15) is 0 Å². The standard InChI is InChI=1S/C11H10Br2N4/c1-6-3-2-4-7(8(6)12)17-11-9(13)10(14)15-5-16-11/h2-5H,1H3,(H3,14,15,16,17). The largest absolute Gasteiger partial charge is 0.383 e. The van der Waals surface area contributed by atoms with Gasteiger partial charge in [0.1, 0.15) is 22.4 Å². The van der Waals surface area contributed by atoms with Crippen molar-refractivity contribution in [3.05, 3.63) is 39.0 Å². The van der Waals surface area contributed by atoms with Crippen molar-refractivity contribution in [2.75, 3.05) is 11.1 Å². The summed E-state index contributed by atoms with van der Waals surface area (Å²) >= 11 is 6.88. The van der Waals surface area contributed by atoms with Gasteiger partial charge < -0.3 is 11.1 Å². The summed E-state index contributed by atoms with van der Waals surface area (Å²) in [5, 5.41) is 3.20. The number of aryl methyl sites for hydroxylation is 1. The second-order valence-electron chi connectivity index (χ2n) is 3.48. The molecule has 3 N–H and O–H groups in total. The molecule has 4 nitrogen and oxygen atoms in total. The van der Waals surface area contributed by atoms with Crippen molar-refractivity contribution < 1.29 is 0 Å². The van der Waals surface area contributed by atoms with E-state index in [4.69, 9.17) is 5.73 Å². The molecule has 0 aliphatic heterocycles. The van der Waals surface area contributed by atoms with Gasteiger partial charge in [0.05, 0.1) is 5.69 Å². The maximum atomic E-state index is 5.69. The lowest BCUT2D eigenvalue weighted by atomic mass is 10.2. The minimum absolute atomic E-state index is 0.409. The van der Waals surface area contributed by atoms with Gasteiger partial charge in [-0.15, -0.1) is 0 Å². The van der Waals surface area contributed by atoms with E-state index >= 15 is 0 Å². The number of benzene rings is 1. The van der Waals surface area contributed by atoms with Gasteiger partial charge in [0, 0.05) is 4.47 Å². The van der Waals surface area contributed by atoms with E-state index in [1.54, 1.807) is 0 Å². The molecule has 0 bridgehead atoms. The molecule has 0 saturated heterocycles. The molecular weight excluding hydrogens is 348 g/mol. The van der Waals surface area contributed by atoms with Crippen LogP contribution in [0.15, 0.2) is 33.5 Å². The molecule has 2 aromatic rings. The van der Waals surface area contributed by atoms with Crippen molar-refractivity contribution >= 4 is 49.2 Å². The van der Waals surface area contributed by atoms with Gasteiger partial charge in [-0.1, -0.05) is 12.1 Å². The van der Waals surface area contributed by atoms with Crippen LogP contribution < -0.4 is 11.1 Å². The van der Waals surface area contributed by atoms with Crippen LogP contribution in [0.3, 0.4) is 0 Å². The monoisotopic (exact) mass is 356 g/mol. The Morgan fingerprint density at radius 1 is 1.18 bits per heavy atom. The highest BCUT2D eigenvalue weighted by Crippen LogP contribution is 2.31. The molecule has 0 unspecified atom stereocenters. The Balaban J connectivity index is 2.38. The zero-order valence-electron chi connectivity index (χ0n) is 9.04. The zero-order chi connectivity index (χ0) is 12.4. The van der Waals surface area contributed by atoms with Gasteiger partial charge in [0.2, 0.25) is 0 Å². The first-order valence-corrected chi connectivity index (χ1v) is 6.46. The molecule has 0 fully saturated rings. The second kappa shape index (κ2) is 5.01. The average Bonchev–Trinajstić information content (AvgIpc) is 2.31. The van der Waals surface area contributed by atoms with Crippen LogP contribution in [-0.4, -0.2) is 9.97 Å². The zero-order valence-corrected chi connectivity index (χ0v) is 12.2. The molecule has 0 saturated carbocycles. The van der Waals surface area contributed by atoms with E-state index in [-0.39, 0.29) is 0 Å². The SMILES string of the molecule is Cc1cccc(Nc2ncnc(N)c2Br)c1Br. The third-order valence-electron chi connectivity index (χ3n) is 2.26. The van der Waals surface area contributed by atoms with Crippen LogP contribution in [0, 0.1) is 6.92 Å². The first kappa shape index (κ1) is 12.3.